The normalized spacial score (nSPS) is 23.5. The van der Waals surface area contributed by atoms with Crippen LogP contribution in [0.15, 0.2) is 24.3 Å². The Hall–Kier alpha value is -1.53. The van der Waals surface area contributed by atoms with E-state index in [4.69, 9.17) is 5.73 Å². The van der Waals surface area contributed by atoms with Crippen molar-refractivity contribution in [1.82, 2.24) is 9.80 Å². The van der Waals surface area contributed by atoms with E-state index in [9.17, 15) is 9.59 Å². The molecule has 26 heavy (non-hydrogen) atoms. The van der Waals surface area contributed by atoms with Crippen LogP contribution < -0.4 is 5.73 Å². The van der Waals surface area contributed by atoms with E-state index in [1.165, 1.54) is 5.56 Å². The summed E-state index contributed by atoms with van der Waals surface area (Å²) in [6, 6.07) is 7.44. The zero-order valence-corrected chi connectivity index (χ0v) is 16.7. The summed E-state index contributed by atoms with van der Waals surface area (Å²) in [5, 5.41) is 0. The molecule has 0 saturated carbocycles. The Bertz CT molecular complexity index is 669. The first-order chi connectivity index (χ1) is 12.3. The number of nitrogens with zero attached hydrogens (tertiary/aromatic N) is 2. The molecule has 5 nitrogen and oxygen atoms in total. The van der Waals surface area contributed by atoms with E-state index in [1.807, 2.05) is 29.2 Å². The maximum Gasteiger partial charge on any atom is 0.255 e. The van der Waals surface area contributed by atoms with Crippen molar-refractivity contribution in [2.75, 3.05) is 31.3 Å². The highest BCUT2D eigenvalue weighted by atomic mass is 32.2. The number of carbonyl (C=O) groups is 2. The Balaban J connectivity index is 1.71. The molecule has 2 heterocycles. The van der Waals surface area contributed by atoms with Crippen molar-refractivity contribution in [2.24, 2.45) is 11.7 Å². The summed E-state index contributed by atoms with van der Waals surface area (Å²) in [6.45, 7) is 8.55. The number of rotatable bonds is 3. The van der Waals surface area contributed by atoms with Gasteiger partial charge in [-0.1, -0.05) is 32.9 Å². The Labute approximate surface area is 160 Å². The van der Waals surface area contributed by atoms with Crippen LogP contribution in [0.2, 0.25) is 0 Å². The largest absolute Gasteiger partial charge is 0.341 e. The van der Waals surface area contributed by atoms with Gasteiger partial charge in [-0.25, -0.2) is 0 Å². The molecule has 0 bridgehead atoms. The summed E-state index contributed by atoms with van der Waals surface area (Å²) in [7, 11) is 0. The van der Waals surface area contributed by atoms with E-state index in [2.05, 4.69) is 20.8 Å². The average molecular weight is 376 g/mol. The molecule has 2 atom stereocenters. The molecule has 2 unspecified atom stereocenters. The standard InChI is InChI=1S/C20H29N3O2S/c1-20(2,3)16-6-4-15(5-7-16)18(24)23-13-26-12-17(23)19(25)22-9-8-14(10-21)11-22/h4-7,14,17H,8-13,21H2,1-3H3. The number of carbonyl (C=O) groups excluding carboxylic acids is 2. The minimum atomic E-state index is -0.355. The number of nitrogens with two attached hydrogens (primary N) is 1. The molecule has 142 valence electrons. The molecule has 0 radical (unpaired) electrons. The second kappa shape index (κ2) is 7.61. The molecule has 1 aromatic carbocycles. The third-order valence-corrected chi connectivity index (χ3v) is 6.37. The predicted molar refractivity (Wildman–Crippen MR) is 106 cm³/mol. The van der Waals surface area contributed by atoms with Crippen LogP contribution in [-0.2, 0) is 10.2 Å². The van der Waals surface area contributed by atoms with E-state index < -0.39 is 0 Å². The van der Waals surface area contributed by atoms with E-state index >= 15 is 0 Å². The van der Waals surface area contributed by atoms with Gasteiger partial charge in [-0.3, -0.25) is 9.59 Å². The number of hydrogen-bond acceptors (Lipinski definition) is 4. The summed E-state index contributed by atoms with van der Waals surface area (Å²) in [5.41, 5.74) is 7.64. The molecular formula is C20H29N3O2S. The number of likely N-dealkylation sites (tertiary alicyclic amines) is 1. The van der Waals surface area contributed by atoms with Crippen LogP contribution in [0.3, 0.4) is 0 Å². The van der Waals surface area contributed by atoms with Gasteiger partial charge in [0.2, 0.25) is 5.91 Å². The zero-order valence-electron chi connectivity index (χ0n) is 15.9. The number of benzene rings is 1. The zero-order chi connectivity index (χ0) is 18.9. The van der Waals surface area contributed by atoms with Crippen molar-refractivity contribution in [1.29, 1.82) is 0 Å². The van der Waals surface area contributed by atoms with E-state index in [0.717, 1.165) is 19.5 Å². The molecule has 3 rings (SSSR count). The van der Waals surface area contributed by atoms with Crippen LogP contribution in [0.25, 0.3) is 0 Å². The third kappa shape index (κ3) is 3.91. The Morgan fingerprint density at radius 3 is 2.50 bits per heavy atom. The molecule has 2 fully saturated rings. The first-order valence-electron chi connectivity index (χ1n) is 9.29. The molecule has 6 heteroatoms. The molecule has 2 amide bonds. The molecule has 0 spiro atoms. The molecule has 1 aromatic rings. The Morgan fingerprint density at radius 1 is 1.23 bits per heavy atom. The lowest BCUT2D eigenvalue weighted by molar-refractivity contribution is -0.133. The van der Waals surface area contributed by atoms with Crippen LogP contribution >= 0.6 is 11.8 Å². The average Bonchev–Trinajstić information content (AvgIpc) is 3.29. The van der Waals surface area contributed by atoms with Crippen molar-refractivity contribution in [3.05, 3.63) is 35.4 Å². The van der Waals surface area contributed by atoms with Crippen molar-refractivity contribution < 1.29 is 9.59 Å². The van der Waals surface area contributed by atoms with Gasteiger partial charge >= 0.3 is 0 Å². The summed E-state index contributed by atoms with van der Waals surface area (Å²) in [6.07, 6.45) is 0.963. The van der Waals surface area contributed by atoms with Crippen LogP contribution in [0.1, 0.15) is 43.1 Å². The Kier molecular flexibility index (Phi) is 5.63. The van der Waals surface area contributed by atoms with Gasteiger partial charge in [-0.2, -0.15) is 0 Å². The van der Waals surface area contributed by atoms with Crippen LogP contribution in [0.4, 0.5) is 0 Å². The monoisotopic (exact) mass is 375 g/mol. The van der Waals surface area contributed by atoms with Gasteiger partial charge in [0, 0.05) is 24.4 Å². The van der Waals surface area contributed by atoms with Crippen molar-refractivity contribution >= 4 is 23.6 Å². The highest BCUT2D eigenvalue weighted by Gasteiger charge is 2.39. The van der Waals surface area contributed by atoms with Crippen LogP contribution in [0, 0.1) is 5.92 Å². The lowest BCUT2D eigenvalue weighted by Crippen LogP contribution is -2.48. The lowest BCUT2D eigenvalue weighted by atomic mass is 9.86. The highest BCUT2D eigenvalue weighted by molar-refractivity contribution is 7.99. The molecule has 2 aliphatic rings. The second-order valence-electron chi connectivity index (χ2n) is 8.29. The summed E-state index contributed by atoms with van der Waals surface area (Å²) in [5.74, 6) is 1.66. The van der Waals surface area contributed by atoms with E-state index in [0.29, 0.717) is 29.7 Å². The quantitative estimate of drug-likeness (QED) is 0.880. The van der Waals surface area contributed by atoms with Gasteiger partial charge in [-0.15, -0.1) is 11.8 Å². The minimum Gasteiger partial charge on any atom is -0.341 e. The molecule has 0 aromatic heterocycles. The first kappa shape index (κ1) is 19.2. The van der Waals surface area contributed by atoms with Gasteiger partial charge in [0.05, 0.1) is 5.88 Å². The van der Waals surface area contributed by atoms with E-state index in [1.54, 1.807) is 16.7 Å². The molecular weight excluding hydrogens is 346 g/mol. The number of thioether (sulfide) groups is 1. The van der Waals surface area contributed by atoms with Gasteiger partial charge in [0.15, 0.2) is 0 Å². The summed E-state index contributed by atoms with van der Waals surface area (Å²) < 4.78 is 0. The smallest absolute Gasteiger partial charge is 0.255 e. The fraction of sp³-hybridized carbons (Fsp3) is 0.600. The SMILES string of the molecule is CC(C)(C)c1ccc(C(=O)N2CSCC2C(=O)N2CCC(CN)C2)cc1. The van der Waals surface area contributed by atoms with Gasteiger partial charge in [0.1, 0.15) is 6.04 Å². The van der Waals surface area contributed by atoms with Crippen molar-refractivity contribution in [3.8, 4) is 0 Å². The third-order valence-electron chi connectivity index (χ3n) is 5.36. The molecule has 2 aliphatic heterocycles. The highest BCUT2D eigenvalue weighted by Crippen LogP contribution is 2.28. The van der Waals surface area contributed by atoms with Gasteiger partial charge in [0.25, 0.3) is 5.91 Å². The molecule has 2 N–H and O–H groups in total. The predicted octanol–water partition coefficient (Wildman–Crippen LogP) is 2.31. The minimum absolute atomic E-state index is 0.0524. The first-order valence-corrected chi connectivity index (χ1v) is 10.4. The topological polar surface area (TPSA) is 66.6 Å². The molecule has 2 saturated heterocycles. The van der Waals surface area contributed by atoms with E-state index in [-0.39, 0.29) is 23.3 Å². The number of amides is 2. The Morgan fingerprint density at radius 2 is 1.92 bits per heavy atom. The second-order valence-corrected chi connectivity index (χ2v) is 9.29. The lowest BCUT2D eigenvalue weighted by Gasteiger charge is -2.27. The molecule has 0 aliphatic carbocycles. The summed E-state index contributed by atoms with van der Waals surface area (Å²) in [4.78, 5) is 29.5. The van der Waals surface area contributed by atoms with Gasteiger partial charge < -0.3 is 15.5 Å². The van der Waals surface area contributed by atoms with Gasteiger partial charge in [-0.05, 0) is 42.0 Å². The fourth-order valence-corrected chi connectivity index (χ4v) is 4.71. The van der Waals surface area contributed by atoms with Crippen molar-refractivity contribution in [3.63, 3.8) is 0 Å². The maximum atomic E-state index is 13.0. The maximum absolute atomic E-state index is 13.0. The number of hydrogen-bond donors (Lipinski definition) is 1. The van der Waals surface area contributed by atoms with Crippen LogP contribution in [-0.4, -0.2) is 58.9 Å². The fourth-order valence-electron chi connectivity index (χ4n) is 3.56. The van der Waals surface area contributed by atoms with Crippen molar-refractivity contribution in [2.45, 2.75) is 38.6 Å². The van der Waals surface area contributed by atoms with Crippen LogP contribution in [0.5, 0.6) is 0 Å². The summed E-state index contributed by atoms with van der Waals surface area (Å²) >= 11 is 1.65.